The number of ether oxygens (including phenoxy) is 3. The molecule has 2 N–H and O–H groups in total. The number of carbonyl (C=O) groups excluding carboxylic acids is 2. The van der Waals surface area contributed by atoms with Gasteiger partial charge in [-0.05, 0) is 95.9 Å². The second kappa shape index (κ2) is 15.3. The summed E-state index contributed by atoms with van der Waals surface area (Å²) in [5.74, 6) is 0.544. The van der Waals surface area contributed by atoms with Gasteiger partial charge in [0, 0.05) is 17.1 Å². The average Bonchev–Trinajstić information content (AvgIpc) is 3.35. The molecule has 0 spiro atoms. The summed E-state index contributed by atoms with van der Waals surface area (Å²) in [4.78, 5) is 28.2. The molecule has 0 saturated heterocycles. The Balaban J connectivity index is 1.89. The zero-order valence-electron chi connectivity index (χ0n) is 29.4. The van der Waals surface area contributed by atoms with E-state index in [1.54, 1.807) is 11.0 Å². The Labute approximate surface area is 275 Å². The van der Waals surface area contributed by atoms with E-state index in [0.717, 1.165) is 34.8 Å². The van der Waals surface area contributed by atoms with E-state index < -0.39 is 31.7 Å². The summed E-state index contributed by atoms with van der Waals surface area (Å²) < 4.78 is 25.9. The predicted octanol–water partition coefficient (Wildman–Crippen LogP) is 8.34. The van der Waals surface area contributed by atoms with Crippen LogP contribution in [0.25, 0.3) is 10.9 Å². The monoisotopic (exact) mass is 654 g/mol. The first-order valence-electron chi connectivity index (χ1n) is 16.4. The van der Waals surface area contributed by atoms with Crippen molar-refractivity contribution in [3.05, 3.63) is 53.7 Å². The summed E-state index contributed by atoms with van der Waals surface area (Å²) >= 11 is 0. The van der Waals surface area contributed by atoms with Crippen molar-refractivity contribution >= 4 is 37.1 Å². The van der Waals surface area contributed by atoms with E-state index in [2.05, 4.69) is 25.9 Å². The van der Waals surface area contributed by atoms with Gasteiger partial charge < -0.3 is 29.3 Å². The van der Waals surface area contributed by atoms with Crippen LogP contribution in [0, 0.1) is 0 Å². The molecular formula is C35H54N4O6Si. The van der Waals surface area contributed by atoms with E-state index in [1.807, 2.05) is 84.9 Å². The lowest BCUT2D eigenvalue weighted by Crippen LogP contribution is -2.45. The molecule has 0 saturated carbocycles. The number of benzene rings is 2. The number of aryl methyl sites for hydroxylation is 1. The number of anilines is 1. The third kappa shape index (κ3) is 9.96. The lowest BCUT2D eigenvalue weighted by atomic mass is 10.1. The van der Waals surface area contributed by atoms with E-state index in [1.165, 1.54) is 4.68 Å². The maximum absolute atomic E-state index is 13.6. The van der Waals surface area contributed by atoms with Gasteiger partial charge in [-0.1, -0.05) is 39.8 Å². The molecule has 0 aliphatic heterocycles. The molecule has 2 aromatic carbocycles. The highest BCUT2D eigenvalue weighted by Crippen LogP contribution is 2.32. The van der Waals surface area contributed by atoms with E-state index in [9.17, 15) is 9.59 Å². The molecule has 254 valence electrons. The van der Waals surface area contributed by atoms with E-state index in [-0.39, 0.29) is 25.8 Å². The highest BCUT2D eigenvalue weighted by molar-refractivity contribution is 6.73. The van der Waals surface area contributed by atoms with Gasteiger partial charge in [-0.3, -0.25) is 0 Å². The van der Waals surface area contributed by atoms with Crippen molar-refractivity contribution in [2.45, 2.75) is 111 Å². The summed E-state index contributed by atoms with van der Waals surface area (Å²) in [6.07, 6.45) is -0.721. The number of aromatic nitrogens is 2. The zero-order valence-corrected chi connectivity index (χ0v) is 30.4. The summed E-state index contributed by atoms with van der Waals surface area (Å²) in [7, 11) is -2.07. The Morgan fingerprint density at radius 3 is 2.15 bits per heavy atom. The van der Waals surface area contributed by atoms with Crippen LogP contribution in [0.15, 0.2) is 42.5 Å². The molecule has 10 nitrogen and oxygen atoms in total. The van der Waals surface area contributed by atoms with Crippen LogP contribution < -0.4 is 10.5 Å². The van der Waals surface area contributed by atoms with Gasteiger partial charge in [-0.15, -0.1) is 0 Å². The van der Waals surface area contributed by atoms with Gasteiger partial charge in [0.2, 0.25) is 0 Å². The van der Waals surface area contributed by atoms with Gasteiger partial charge in [-0.25, -0.2) is 9.59 Å². The molecule has 0 radical (unpaired) electrons. The van der Waals surface area contributed by atoms with Gasteiger partial charge >= 0.3 is 12.2 Å². The quantitative estimate of drug-likeness (QED) is 0.144. The number of nitrogens with zero attached hydrogens (tertiary/aromatic N) is 3. The molecule has 0 unspecified atom stereocenters. The number of hydrogen-bond acceptors (Lipinski definition) is 8. The van der Waals surface area contributed by atoms with Gasteiger partial charge in [-0.2, -0.15) is 9.78 Å². The van der Waals surface area contributed by atoms with Crippen molar-refractivity contribution in [3.63, 3.8) is 0 Å². The highest BCUT2D eigenvalue weighted by atomic mass is 28.4. The molecule has 0 aliphatic carbocycles. The van der Waals surface area contributed by atoms with Crippen LogP contribution in [0.3, 0.4) is 0 Å². The average molecular weight is 655 g/mol. The number of carbonyl (C=O) groups is 2. The Hall–Kier alpha value is -3.57. The smallest absolute Gasteiger partial charge is 0.435 e. The number of rotatable bonds is 13. The molecule has 0 aliphatic rings. The first-order chi connectivity index (χ1) is 21.5. The maximum atomic E-state index is 13.6. The standard InChI is InChI=1S/C35H54N4O6Si/c1-11-29-28-19-18-27(23-30(28)39(37-29)33(41)44-35(8,9)10)42-21-20-38(32(40)43-34(5,6)7)24-31(25-16-15-17-26(36)22-25)45-46(12-2,13-3)14-4/h15-19,22-23,31H,11-14,20-21,24,36H2,1-10H3/t31-/m0/s1. The third-order valence-electron chi connectivity index (χ3n) is 7.91. The molecule has 1 aromatic heterocycles. The molecule has 3 rings (SSSR count). The van der Waals surface area contributed by atoms with Crippen LogP contribution in [0.5, 0.6) is 5.75 Å². The fourth-order valence-corrected chi connectivity index (χ4v) is 8.10. The van der Waals surface area contributed by atoms with Crippen molar-refractivity contribution in [2.75, 3.05) is 25.4 Å². The van der Waals surface area contributed by atoms with Crippen LogP contribution in [0.2, 0.25) is 18.1 Å². The van der Waals surface area contributed by atoms with Crippen molar-refractivity contribution in [1.82, 2.24) is 14.7 Å². The summed E-state index contributed by atoms with van der Waals surface area (Å²) in [5.41, 5.74) is 7.80. The predicted molar refractivity (Wildman–Crippen MR) is 186 cm³/mol. The minimum absolute atomic E-state index is 0.188. The molecule has 0 fully saturated rings. The minimum Gasteiger partial charge on any atom is -0.492 e. The first-order valence-corrected chi connectivity index (χ1v) is 19.0. The van der Waals surface area contributed by atoms with Gasteiger partial charge in [0.15, 0.2) is 8.32 Å². The van der Waals surface area contributed by atoms with Crippen molar-refractivity contribution < 1.29 is 28.2 Å². The molecule has 46 heavy (non-hydrogen) atoms. The Morgan fingerprint density at radius 2 is 1.59 bits per heavy atom. The normalized spacial score (nSPS) is 13.0. The molecule has 1 amide bonds. The van der Waals surface area contributed by atoms with Crippen LogP contribution in [0.4, 0.5) is 15.3 Å². The fourth-order valence-electron chi connectivity index (χ4n) is 5.28. The summed E-state index contributed by atoms with van der Waals surface area (Å²) in [6.45, 7) is 20.3. The number of hydrogen-bond donors (Lipinski definition) is 1. The third-order valence-corrected chi connectivity index (χ3v) is 12.6. The topological polar surface area (TPSA) is 118 Å². The van der Waals surface area contributed by atoms with Gasteiger partial charge in [0.1, 0.15) is 23.6 Å². The molecule has 11 heteroatoms. The SMILES string of the molecule is CCc1nn(C(=O)OC(C)(C)C)c2cc(OCCN(C[C@H](O[Si](CC)(CC)CC)c3cccc(N)c3)C(=O)OC(C)(C)C)ccc12. The summed E-state index contributed by atoms with van der Waals surface area (Å²) in [6, 6.07) is 16.1. The second-order valence-electron chi connectivity index (χ2n) is 13.7. The van der Waals surface area contributed by atoms with E-state index in [0.29, 0.717) is 23.4 Å². The lowest BCUT2D eigenvalue weighted by Gasteiger charge is -2.36. The van der Waals surface area contributed by atoms with Crippen molar-refractivity contribution in [2.24, 2.45) is 0 Å². The Bertz CT molecular complexity index is 1460. The largest absolute Gasteiger partial charge is 0.492 e. The number of nitrogens with two attached hydrogens (primary N) is 1. The van der Waals surface area contributed by atoms with Gasteiger partial charge in [0.25, 0.3) is 0 Å². The van der Waals surface area contributed by atoms with Crippen LogP contribution in [-0.2, 0) is 20.3 Å². The second-order valence-corrected chi connectivity index (χ2v) is 18.4. The molecule has 1 atom stereocenters. The molecule has 1 heterocycles. The van der Waals surface area contributed by atoms with Crippen LogP contribution >= 0.6 is 0 Å². The highest BCUT2D eigenvalue weighted by Gasteiger charge is 2.35. The van der Waals surface area contributed by atoms with E-state index in [4.69, 9.17) is 24.4 Å². The Morgan fingerprint density at radius 1 is 0.935 bits per heavy atom. The van der Waals surface area contributed by atoms with Crippen LogP contribution in [0.1, 0.15) is 86.6 Å². The molecule has 3 aromatic rings. The molecule has 0 bridgehead atoms. The maximum Gasteiger partial charge on any atom is 0.435 e. The van der Waals surface area contributed by atoms with E-state index >= 15 is 0 Å². The fraction of sp³-hybridized carbons (Fsp3) is 0.571. The van der Waals surface area contributed by atoms with Crippen LogP contribution in [-0.4, -0.2) is 66.1 Å². The van der Waals surface area contributed by atoms with Crippen molar-refractivity contribution in [3.8, 4) is 5.75 Å². The zero-order chi connectivity index (χ0) is 34.3. The number of fused-ring (bicyclic) bond motifs is 1. The first kappa shape index (κ1) is 36.9. The summed E-state index contributed by atoms with van der Waals surface area (Å²) in [5, 5.41) is 5.37. The number of amides is 1. The van der Waals surface area contributed by atoms with Gasteiger partial charge in [0.05, 0.1) is 30.4 Å². The Kier molecular flexibility index (Phi) is 12.3. The lowest BCUT2D eigenvalue weighted by molar-refractivity contribution is 0.0131. The minimum atomic E-state index is -2.07. The molecular weight excluding hydrogens is 600 g/mol. The van der Waals surface area contributed by atoms with Crippen molar-refractivity contribution in [1.29, 1.82) is 0 Å². The number of nitrogen functional groups attached to an aromatic ring is 1.